The number of hydrogen-bond acceptors (Lipinski definition) is 3. The fraction of sp³-hybridized carbons (Fsp3) is 0.833. The fourth-order valence-electron chi connectivity index (χ4n) is 0.212. The van der Waals surface area contributed by atoms with Crippen molar-refractivity contribution < 1.29 is 14.6 Å². The molecule has 0 aliphatic heterocycles. The van der Waals surface area contributed by atoms with E-state index < -0.39 is 6.09 Å². The predicted molar refractivity (Wildman–Crippen MR) is 36.4 cm³/mol. The Bertz CT molecular complexity index is 112. The van der Waals surface area contributed by atoms with Crippen LogP contribution in [0.25, 0.3) is 0 Å². The lowest BCUT2D eigenvalue weighted by atomic mass is 10.5. The van der Waals surface area contributed by atoms with E-state index in [2.05, 4.69) is 9.78 Å². The smallest absolute Gasteiger partial charge is 0.312 e. The molecular weight excluding hydrogens is 134 g/mol. The van der Waals surface area contributed by atoms with Crippen LogP contribution in [0.2, 0.25) is 0 Å². The van der Waals surface area contributed by atoms with Gasteiger partial charge in [-0.15, -0.1) is 0 Å². The molecule has 0 saturated heterocycles. The molecule has 0 heterocycles. The van der Waals surface area contributed by atoms with Crippen molar-refractivity contribution in [3.63, 3.8) is 0 Å². The summed E-state index contributed by atoms with van der Waals surface area (Å²) in [6.07, 6.45) is -0.586. The highest BCUT2D eigenvalue weighted by atomic mass is 17.2. The molecule has 0 radical (unpaired) electrons. The Morgan fingerprint density at radius 3 is 2.20 bits per heavy atom. The molecule has 0 bridgehead atoms. The van der Waals surface area contributed by atoms with Gasteiger partial charge in [-0.05, 0) is 13.8 Å². The van der Waals surface area contributed by atoms with E-state index in [9.17, 15) is 4.79 Å². The third kappa shape index (κ3) is 4.14. The average molecular weight is 147 g/mol. The molecule has 0 atom stereocenters. The van der Waals surface area contributed by atoms with Crippen molar-refractivity contribution in [2.75, 3.05) is 14.1 Å². The van der Waals surface area contributed by atoms with Crippen molar-refractivity contribution in [2.45, 2.75) is 20.0 Å². The second-order valence-electron chi connectivity index (χ2n) is 2.39. The van der Waals surface area contributed by atoms with Crippen LogP contribution in [0, 0.1) is 0 Å². The minimum Gasteiger partial charge on any atom is -0.312 e. The van der Waals surface area contributed by atoms with Gasteiger partial charge in [0, 0.05) is 14.1 Å². The second kappa shape index (κ2) is 4.11. The molecule has 0 aromatic carbocycles. The first-order valence-corrected chi connectivity index (χ1v) is 3.08. The van der Waals surface area contributed by atoms with Gasteiger partial charge in [-0.3, -0.25) is 4.89 Å². The van der Waals surface area contributed by atoms with Crippen LogP contribution in [-0.4, -0.2) is 31.2 Å². The number of rotatable bonds is 2. The summed E-state index contributed by atoms with van der Waals surface area (Å²) in [6.45, 7) is 3.56. The molecule has 0 unspecified atom stereocenters. The van der Waals surface area contributed by atoms with Gasteiger partial charge in [0.25, 0.3) is 0 Å². The van der Waals surface area contributed by atoms with Crippen LogP contribution in [0.3, 0.4) is 0 Å². The topological polar surface area (TPSA) is 38.8 Å². The Labute approximate surface area is 60.6 Å². The summed E-state index contributed by atoms with van der Waals surface area (Å²) >= 11 is 0. The van der Waals surface area contributed by atoms with E-state index in [0.717, 1.165) is 0 Å². The molecule has 60 valence electrons. The zero-order valence-electron chi connectivity index (χ0n) is 6.75. The van der Waals surface area contributed by atoms with E-state index >= 15 is 0 Å². The number of amides is 1. The Hall–Kier alpha value is -0.770. The van der Waals surface area contributed by atoms with Gasteiger partial charge in [0.15, 0.2) is 0 Å². The average Bonchev–Trinajstić information content (AvgIpc) is 1.82. The summed E-state index contributed by atoms with van der Waals surface area (Å²) in [5.74, 6) is 0. The van der Waals surface area contributed by atoms with Crippen molar-refractivity contribution in [1.82, 2.24) is 4.90 Å². The molecule has 4 nitrogen and oxygen atoms in total. The number of nitrogens with zero attached hydrogens (tertiary/aromatic N) is 1. The maximum absolute atomic E-state index is 10.6. The first-order chi connectivity index (χ1) is 4.54. The Morgan fingerprint density at radius 2 is 1.90 bits per heavy atom. The molecule has 0 rings (SSSR count). The highest BCUT2D eigenvalue weighted by molar-refractivity contribution is 5.65. The minimum atomic E-state index is -0.492. The quantitative estimate of drug-likeness (QED) is 0.432. The normalized spacial score (nSPS) is 9.70. The van der Waals surface area contributed by atoms with Gasteiger partial charge in [0.2, 0.25) is 0 Å². The van der Waals surface area contributed by atoms with Crippen molar-refractivity contribution >= 4 is 6.09 Å². The Kier molecular flexibility index (Phi) is 3.79. The molecule has 0 N–H and O–H groups in total. The van der Waals surface area contributed by atoms with Gasteiger partial charge >= 0.3 is 6.09 Å². The summed E-state index contributed by atoms with van der Waals surface area (Å²) < 4.78 is 0. The molecule has 0 aromatic rings. The molecule has 0 aromatic heterocycles. The van der Waals surface area contributed by atoms with Crippen molar-refractivity contribution in [3.05, 3.63) is 0 Å². The third-order valence-corrected chi connectivity index (χ3v) is 0.677. The fourth-order valence-corrected chi connectivity index (χ4v) is 0.212. The third-order valence-electron chi connectivity index (χ3n) is 0.677. The lowest BCUT2D eigenvalue weighted by Gasteiger charge is -2.10. The molecule has 4 heteroatoms. The van der Waals surface area contributed by atoms with Gasteiger partial charge in [-0.25, -0.2) is 4.79 Å². The van der Waals surface area contributed by atoms with Crippen molar-refractivity contribution in [1.29, 1.82) is 0 Å². The summed E-state index contributed by atoms with van der Waals surface area (Å²) in [7, 11) is 3.18. The molecule has 0 saturated carbocycles. The number of carbonyl (C=O) groups excluding carboxylic acids is 1. The Balaban J connectivity index is 3.40. The highest BCUT2D eigenvalue weighted by Gasteiger charge is 2.05. The van der Waals surface area contributed by atoms with Crippen molar-refractivity contribution in [2.24, 2.45) is 0 Å². The van der Waals surface area contributed by atoms with Crippen LogP contribution >= 0.6 is 0 Å². The zero-order valence-corrected chi connectivity index (χ0v) is 6.75. The lowest BCUT2D eigenvalue weighted by Crippen LogP contribution is -2.24. The standard InChI is InChI=1S/C6H13NO3/c1-5(2)9-10-6(8)7(3)4/h5H,1-4H3. The van der Waals surface area contributed by atoms with Crippen LogP contribution in [-0.2, 0) is 9.78 Å². The van der Waals surface area contributed by atoms with Gasteiger partial charge in [0.05, 0.1) is 6.10 Å². The van der Waals surface area contributed by atoms with E-state index in [1.807, 2.05) is 0 Å². The number of carbonyl (C=O) groups is 1. The molecule has 0 spiro atoms. The molecule has 0 aliphatic carbocycles. The van der Waals surface area contributed by atoms with Gasteiger partial charge < -0.3 is 4.90 Å². The summed E-state index contributed by atoms with van der Waals surface area (Å²) in [5, 5.41) is 0. The summed E-state index contributed by atoms with van der Waals surface area (Å²) in [4.78, 5) is 20.8. The van der Waals surface area contributed by atoms with E-state index in [-0.39, 0.29) is 6.10 Å². The lowest BCUT2D eigenvalue weighted by molar-refractivity contribution is -0.268. The van der Waals surface area contributed by atoms with Gasteiger partial charge in [-0.2, -0.15) is 4.89 Å². The zero-order chi connectivity index (χ0) is 8.15. The van der Waals surface area contributed by atoms with E-state index in [1.165, 1.54) is 4.90 Å². The molecule has 0 fully saturated rings. The van der Waals surface area contributed by atoms with Gasteiger partial charge in [0.1, 0.15) is 0 Å². The van der Waals surface area contributed by atoms with Crippen LogP contribution in [0.1, 0.15) is 13.8 Å². The SMILES string of the molecule is CC(C)OOC(=O)N(C)C. The maximum atomic E-state index is 10.6. The summed E-state index contributed by atoms with van der Waals surface area (Å²) in [5.41, 5.74) is 0. The van der Waals surface area contributed by atoms with Crippen molar-refractivity contribution in [3.8, 4) is 0 Å². The number of hydrogen-bond donors (Lipinski definition) is 0. The molecular formula is C6H13NO3. The first kappa shape index (κ1) is 9.23. The second-order valence-corrected chi connectivity index (χ2v) is 2.39. The van der Waals surface area contributed by atoms with Crippen LogP contribution < -0.4 is 0 Å². The van der Waals surface area contributed by atoms with Crippen LogP contribution in [0.15, 0.2) is 0 Å². The monoisotopic (exact) mass is 147 g/mol. The van der Waals surface area contributed by atoms with Gasteiger partial charge in [-0.1, -0.05) is 0 Å². The molecule has 0 aliphatic rings. The highest BCUT2D eigenvalue weighted by Crippen LogP contribution is 1.92. The maximum Gasteiger partial charge on any atom is 0.440 e. The van der Waals surface area contributed by atoms with Crippen LogP contribution in [0.4, 0.5) is 4.79 Å². The first-order valence-electron chi connectivity index (χ1n) is 3.08. The largest absolute Gasteiger partial charge is 0.440 e. The molecule has 1 amide bonds. The predicted octanol–water partition coefficient (Wildman–Crippen LogP) is 1.02. The van der Waals surface area contributed by atoms with E-state index in [4.69, 9.17) is 0 Å². The Morgan fingerprint density at radius 1 is 1.40 bits per heavy atom. The summed E-state index contributed by atoms with van der Waals surface area (Å²) in [6, 6.07) is 0. The minimum absolute atomic E-state index is 0.0936. The van der Waals surface area contributed by atoms with E-state index in [0.29, 0.717) is 0 Å². The molecule has 10 heavy (non-hydrogen) atoms. The van der Waals surface area contributed by atoms with E-state index in [1.54, 1.807) is 27.9 Å². The van der Waals surface area contributed by atoms with Crippen LogP contribution in [0.5, 0.6) is 0 Å².